The van der Waals surface area contributed by atoms with Crippen molar-refractivity contribution in [1.82, 2.24) is 14.5 Å². The monoisotopic (exact) mass is 458 g/mol. The van der Waals surface area contributed by atoms with Gasteiger partial charge in [-0.3, -0.25) is 0 Å². The maximum Gasteiger partial charge on any atom is 0.314 e. The van der Waals surface area contributed by atoms with Crippen LogP contribution in [-0.2, 0) is 10.0 Å². The summed E-state index contributed by atoms with van der Waals surface area (Å²) in [5.41, 5.74) is 5.50. The number of sulfonamides is 1. The van der Waals surface area contributed by atoms with Crippen molar-refractivity contribution in [1.29, 1.82) is 0 Å². The van der Waals surface area contributed by atoms with Crippen LogP contribution < -0.4 is 5.73 Å². The average molecular weight is 459 g/mol. The Balaban J connectivity index is 2.12. The van der Waals surface area contributed by atoms with Gasteiger partial charge in [-0.2, -0.15) is 13.1 Å². The van der Waals surface area contributed by atoms with E-state index in [0.29, 0.717) is 4.91 Å². The van der Waals surface area contributed by atoms with Crippen molar-refractivity contribution in [2.24, 2.45) is 5.73 Å². The zero-order valence-electron chi connectivity index (χ0n) is 15.7. The molecule has 1 aromatic heterocycles. The molecular formula is C16H22F4N4O3S2. The summed E-state index contributed by atoms with van der Waals surface area (Å²) >= 11 is 0.888. The third kappa shape index (κ3) is 6.19. The van der Waals surface area contributed by atoms with Crippen LogP contribution in [0.2, 0.25) is 0 Å². The van der Waals surface area contributed by atoms with E-state index < -0.39 is 34.3 Å². The summed E-state index contributed by atoms with van der Waals surface area (Å²) in [4.78, 5) is 0.422. The van der Waals surface area contributed by atoms with Gasteiger partial charge in [0.2, 0.25) is 15.9 Å². The SMILES string of the molecule is C=C(CN(C1CCC(F)(F)CC1)S(=O)(=O)CC)S/C(=C\N)c1nnc(C(F)F)o1. The number of nitrogens with two attached hydrogens (primary N) is 1. The topological polar surface area (TPSA) is 102 Å². The van der Waals surface area contributed by atoms with E-state index >= 15 is 0 Å². The van der Waals surface area contributed by atoms with E-state index in [0.717, 1.165) is 18.0 Å². The highest BCUT2D eigenvalue weighted by Gasteiger charge is 2.40. The minimum atomic E-state index is -3.69. The van der Waals surface area contributed by atoms with Gasteiger partial charge in [-0.25, -0.2) is 17.2 Å². The average Bonchev–Trinajstić information content (AvgIpc) is 3.15. The van der Waals surface area contributed by atoms with Crippen molar-refractivity contribution in [3.8, 4) is 0 Å². The summed E-state index contributed by atoms with van der Waals surface area (Å²) in [6.07, 6.45) is -2.61. The molecule has 2 N–H and O–H groups in total. The molecule has 0 saturated heterocycles. The van der Waals surface area contributed by atoms with Gasteiger partial charge in [-0.05, 0) is 24.7 Å². The first-order valence-corrected chi connectivity index (χ1v) is 11.2. The Kier molecular flexibility index (Phi) is 7.74. The van der Waals surface area contributed by atoms with Crippen LogP contribution in [0, 0.1) is 0 Å². The first-order valence-electron chi connectivity index (χ1n) is 8.76. The molecule has 29 heavy (non-hydrogen) atoms. The highest BCUT2D eigenvalue weighted by molar-refractivity contribution is 8.11. The number of aromatic nitrogens is 2. The molecule has 0 atom stereocenters. The second kappa shape index (κ2) is 9.47. The largest absolute Gasteiger partial charge is 0.414 e. The molecule has 1 aromatic rings. The first-order chi connectivity index (χ1) is 13.5. The Hall–Kier alpha value is -1.60. The number of hydrogen-bond acceptors (Lipinski definition) is 7. The first kappa shape index (κ1) is 23.7. The van der Waals surface area contributed by atoms with Crippen molar-refractivity contribution in [2.45, 2.75) is 51.0 Å². The number of nitrogens with zero attached hydrogens (tertiary/aromatic N) is 3. The van der Waals surface area contributed by atoms with E-state index in [9.17, 15) is 26.0 Å². The normalized spacial score (nSPS) is 18.5. The van der Waals surface area contributed by atoms with Gasteiger partial charge in [0, 0.05) is 31.6 Å². The fourth-order valence-electron chi connectivity index (χ4n) is 2.87. The Morgan fingerprint density at radius 2 is 2.03 bits per heavy atom. The molecule has 1 heterocycles. The smallest absolute Gasteiger partial charge is 0.314 e. The van der Waals surface area contributed by atoms with Crippen LogP contribution in [0.1, 0.15) is 50.8 Å². The summed E-state index contributed by atoms with van der Waals surface area (Å²) in [5.74, 6) is -4.11. The molecule has 0 unspecified atom stereocenters. The van der Waals surface area contributed by atoms with Gasteiger partial charge < -0.3 is 10.2 Å². The second-order valence-electron chi connectivity index (χ2n) is 6.45. The standard InChI is InChI=1S/C16H22F4N4O3S2/c1-3-29(25,26)24(11-4-6-16(19,20)7-5-11)9-10(2)28-12(8-21)14-22-23-15(27-14)13(17)18/h8,11,13H,2-7,9,21H2,1H3/b12-8-. The van der Waals surface area contributed by atoms with Crippen LogP contribution in [0.4, 0.5) is 17.6 Å². The summed E-state index contributed by atoms with van der Waals surface area (Å²) in [7, 11) is -3.69. The molecule has 2 rings (SSSR count). The third-order valence-corrected chi connectivity index (χ3v) is 7.21. The molecule has 1 saturated carbocycles. The Morgan fingerprint density at radius 1 is 1.41 bits per heavy atom. The fraction of sp³-hybridized carbons (Fsp3) is 0.625. The lowest BCUT2D eigenvalue weighted by molar-refractivity contribution is -0.0461. The predicted molar refractivity (Wildman–Crippen MR) is 102 cm³/mol. The summed E-state index contributed by atoms with van der Waals surface area (Å²) in [6.45, 7) is 5.11. The van der Waals surface area contributed by atoms with Gasteiger partial charge in [0.25, 0.3) is 11.8 Å². The van der Waals surface area contributed by atoms with Gasteiger partial charge in [0.1, 0.15) is 0 Å². The molecule has 0 aliphatic heterocycles. The minimum Gasteiger partial charge on any atom is -0.414 e. The van der Waals surface area contributed by atoms with Gasteiger partial charge in [-0.15, -0.1) is 10.2 Å². The molecule has 0 amide bonds. The molecule has 1 aliphatic rings. The van der Waals surface area contributed by atoms with Crippen molar-refractivity contribution >= 4 is 26.7 Å². The van der Waals surface area contributed by atoms with E-state index in [1.54, 1.807) is 0 Å². The van der Waals surface area contributed by atoms with Crippen molar-refractivity contribution < 1.29 is 30.4 Å². The molecule has 0 aromatic carbocycles. The Labute approximate surface area is 170 Å². The molecule has 164 valence electrons. The Morgan fingerprint density at radius 3 is 2.52 bits per heavy atom. The van der Waals surface area contributed by atoms with E-state index in [-0.39, 0.29) is 48.8 Å². The van der Waals surface area contributed by atoms with E-state index in [2.05, 4.69) is 16.8 Å². The molecule has 1 aliphatic carbocycles. The lowest BCUT2D eigenvalue weighted by atomic mass is 9.92. The lowest BCUT2D eigenvalue weighted by Crippen LogP contribution is -2.45. The predicted octanol–water partition coefficient (Wildman–Crippen LogP) is 3.74. The molecule has 1 fully saturated rings. The molecule has 13 heteroatoms. The Bertz CT molecular complexity index is 848. The number of halogens is 4. The molecule has 0 spiro atoms. The quantitative estimate of drug-likeness (QED) is 0.563. The molecule has 0 bridgehead atoms. The fourth-order valence-corrected chi connectivity index (χ4v) is 5.05. The lowest BCUT2D eigenvalue weighted by Gasteiger charge is -2.36. The van der Waals surface area contributed by atoms with Crippen molar-refractivity contribution in [3.05, 3.63) is 29.5 Å². The van der Waals surface area contributed by atoms with E-state index in [1.165, 1.54) is 11.2 Å². The minimum absolute atomic E-state index is 0.0329. The highest BCUT2D eigenvalue weighted by atomic mass is 32.2. The van der Waals surface area contributed by atoms with Gasteiger partial charge in [0.05, 0.1) is 10.7 Å². The van der Waals surface area contributed by atoms with Crippen LogP contribution in [0.25, 0.3) is 4.91 Å². The van der Waals surface area contributed by atoms with Gasteiger partial charge in [0.15, 0.2) is 0 Å². The number of hydrogen-bond donors (Lipinski definition) is 1. The van der Waals surface area contributed by atoms with Crippen LogP contribution in [-0.4, -0.2) is 47.2 Å². The van der Waals surface area contributed by atoms with Crippen molar-refractivity contribution in [2.75, 3.05) is 12.3 Å². The maximum absolute atomic E-state index is 13.5. The third-order valence-electron chi connectivity index (χ3n) is 4.39. The number of thioether (sulfide) groups is 1. The number of rotatable bonds is 9. The highest BCUT2D eigenvalue weighted by Crippen LogP contribution is 2.38. The maximum atomic E-state index is 13.5. The summed E-state index contributed by atoms with van der Waals surface area (Å²) in [5, 5.41) is 6.70. The van der Waals surface area contributed by atoms with Crippen LogP contribution in [0.15, 0.2) is 22.1 Å². The van der Waals surface area contributed by atoms with E-state index in [1.807, 2.05) is 0 Å². The molecular weight excluding hydrogens is 436 g/mol. The van der Waals surface area contributed by atoms with Crippen LogP contribution >= 0.6 is 11.8 Å². The van der Waals surface area contributed by atoms with Gasteiger partial charge in [-0.1, -0.05) is 18.3 Å². The molecule has 0 radical (unpaired) electrons. The van der Waals surface area contributed by atoms with Gasteiger partial charge >= 0.3 is 6.43 Å². The summed E-state index contributed by atoms with van der Waals surface area (Å²) < 4.78 is 83.2. The molecule has 7 nitrogen and oxygen atoms in total. The second-order valence-corrected chi connectivity index (χ2v) is 9.88. The van der Waals surface area contributed by atoms with Crippen molar-refractivity contribution in [3.63, 3.8) is 0 Å². The van der Waals surface area contributed by atoms with Crippen LogP contribution in [0.3, 0.4) is 0 Å². The zero-order chi connectivity index (χ0) is 21.8. The van der Waals surface area contributed by atoms with Crippen LogP contribution in [0.5, 0.6) is 0 Å². The summed E-state index contributed by atoms with van der Waals surface area (Å²) in [6, 6.07) is -0.573. The van der Waals surface area contributed by atoms with E-state index in [4.69, 9.17) is 10.2 Å². The zero-order valence-corrected chi connectivity index (χ0v) is 17.3. The number of alkyl halides is 4.